The first-order valence-electron chi connectivity index (χ1n) is 6.28. The van der Waals surface area contributed by atoms with Gasteiger partial charge in [0.25, 0.3) is 5.91 Å². The lowest BCUT2D eigenvalue weighted by Gasteiger charge is -2.07. The van der Waals surface area contributed by atoms with Crippen molar-refractivity contribution >= 4 is 17.7 Å². The highest BCUT2D eigenvalue weighted by Gasteiger charge is 2.06. The number of carbonyl (C=O) groups excluding carboxylic acids is 1. The largest absolute Gasteiger partial charge is 0.497 e. The molecule has 2 aromatic carbocycles. The van der Waals surface area contributed by atoms with Crippen LogP contribution < -0.4 is 10.1 Å². The van der Waals surface area contributed by atoms with E-state index < -0.39 is 0 Å². The second-order valence-corrected chi connectivity index (χ2v) is 5.14. The Bertz CT molecular complexity index is 581. The Hall–Kier alpha value is -1.94. The minimum absolute atomic E-state index is 0.0992. The van der Waals surface area contributed by atoms with Gasteiger partial charge in [-0.1, -0.05) is 18.2 Å². The predicted molar refractivity (Wildman–Crippen MR) is 82.4 cm³/mol. The number of carbonyl (C=O) groups is 1. The summed E-state index contributed by atoms with van der Waals surface area (Å²) in [6.45, 7) is 0.519. The average Bonchev–Trinajstić information content (AvgIpc) is 2.53. The van der Waals surface area contributed by atoms with Gasteiger partial charge in [-0.25, -0.2) is 0 Å². The zero-order chi connectivity index (χ0) is 14.4. The summed E-state index contributed by atoms with van der Waals surface area (Å²) in [6.07, 6.45) is 2.04. The lowest BCUT2D eigenvalue weighted by Crippen LogP contribution is -2.22. The van der Waals surface area contributed by atoms with Crippen molar-refractivity contribution in [3.05, 3.63) is 59.7 Å². The van der Waals surface area contributed by atoms with Gasteiger partial charge >= 0.3 is 0 Å². The van der Waals surface area contributed by atoms with Crippen molar-refractivity contribution in [1.29, 1.82) is 0 Å². The molecule has 0 unspecified atom stereocenters. The van der Waals surface area contributed by atoms with E-state index in [-0.39, 0.29) is 5.91 Å². The van der Waals surface area contributed by atoms with Crippen LogP contribution in [-0.4, -0.2) is 19.3 Å². The molecule has 0 fully saturated rings. The Balaban J connectivity index is 1.97. The van der Waals surface area contributed by atoms with Crippen molar-refractivity contribution in [1.82, 2.24) is 5.32 Å². The molecule has 4 heteroatoms. The summed E-state index contributed by atoms with van der Waals surface area (Å²) >= 11 is 1.70. The van der Waals surface area contributed by atoms with E-state index in [2.05, 4.69) is 17.4 Å². The van der Waals surface area contributed by atoms with Crippen molar-refractivity contribution in [2.24, 2.45) is 0 Å². The van der Waals surface area contributed by atoms with E-state index in [4.69, 9.17) is 4.74 Å². The highest BCUT2D eigenvalue weighted by atomic mass is 32.2. The molecule has 20 heavy (non-hydrogen) atoms. The summed E-state index contributed by atoms with van der Waals surface area (Å²) in [4.78, 5) is 13.3. The smallest absolute Gasteiger partial charge is 0.251 e. The standard InChI is InChI=1S/C16H17NO2S/c1-19-14-5-3-4-13(10-14)16(18)17-11-12-6-8-15(20-2)9-7-12/h3-10H,11H2,1-2H3,(H,17,18). The van der Waals surface area contributed by atoms with Gasteiger partial charge in [0, 0.05) is 17.0 Å². The Labute approximate surface area is 123 Å². The van der Waals surface area contributed by atoms with Crippen LogP contribution in [0.1, 0.15) is 15.9 Å². The fraction of sp³-hybridized carbons (Fsp3) is 0.188. The van der Waals surface area contributed by atoms with Gasteiger partial charge in [0.2, 0.25) is 0 Å². The van der Waals surface area contributed by atoms with E-state index in [1.807, 2.05) is 24.5 Å². The van der Waals surface area contributed by atoms with Gasteiger partial charge in [-0.15, -0.1) is 11.8 Å². The molecule has 1 amide bonds. The molecule has 2 rings (SSSR count). The lowest BCUT2D eigenvalue weighted by atomic mass is 10.2. The van der Waals surface area contributed by atoms with Crippen molar-refractivity contribution in [3.8, 4) is 5.75 Å². The van der Waals surface area contributed by atoms with E-state index in [9.17, 15) is 4.79 Å². The van der Waals surface area contributed by atoms with E-state index in [1.54, 1.807) is 37.1 Å². The zero-order valence-corrected chi connectivity index (χ0v) is 12.4. The van der Waals surface area contributed by atoms with Crippen LogP contribution in [0, 0.1) is 0 Å². The zero-order valence-electron chi connectivity index (χ0n) is 11.6. The van der Waals surface area contributed by atoms with Gasteiger partial charge in [0.15, 0.2) is 0 Å². The number of hydrogen-bond donors (Lipinski definition) is 1. The molecule has 0 spiro atoms. The maximum Gasteiger partial charge on any atom is 0.251 e. The van der Waals surface area contributed by atoms with Gasteiger partial charge in [0.05, 0.1) is 7.11 Å². The SMILES string of the molecule is COc1cccc(C(=O)NCc2ccc(SC)cc2)c1. The quantitative estimate of drug-likeness (QED) is 0.857. The minimum atomic E-state index is -0.0992. The van der Waals surface area contributed by atoms with E-state index in [0.29, 0.717) is 17.9 Å². The molecule has 1 N–H and O–H groups in total. The van der Waals surface area contributed by atoms with Crippen LogP contribution in [0.4, 0.5) is 0 Å². The first-order chi connectivity index (χ1) is 9.72. The molecule has 0 radical (unpaired) electrons. The van der Waals surface area contributed by atoms with Gasteiger partial charge in [-0.3, -0.25) is 4.79 Å². The number of hydrogen-bond acceptors (Lipinski definition) is 3. The molecule has 0 aliphatic rings. The molecule has 0 aliphatic carbocycles. The molecule has 3 nitrogen and oxygen atoms in total. The molecular weight excluding hydrogens is 270 g/mol. The molecule has 0 heterocycles. The van der Waals surface area contributed by atoms with Crippen LogP contribution >= 0.6 is 11.8 Å². The fourth-order valence-electron chi connectivity index (χ4n) is 1.79. The van der Waals surface area contributed by atoms with Crippen LogP contribution in [0.15, 0.2) is 53.4 Å². The number of ether oxygens (including phenoxy) is 1. The Kier molecular flexibility index (Phi) is 5.07. The van der Waals surface area contributed by atoms with Crippen molar-refractivity contribution in [2.75, 3.05) is 13.4 Å². The highest BCUT2D eigenvalue weighted by molar-refractivity contribution is 7.98. The van der Waals surface area contributed by atoms with E-state index in [1.165, 1.54) is 4.90 Å². The number of amides is 1. The van der Waals surface area contributed by atoms with Crippen LogP contribution in [-0.2, 0) is 6.54 Å². The monoisotopic (exact) mass is 287 g/mol. The normalized spacial score (nSPS) is 10.1. The topological polar surface area (TPSA) is 38.3 Å². The van der Waals surface area contributed by atoms with E-state index >= 15 is 0 Å². The van der Waals surface area contributed by atoms with Gasteiger partial charge < -0.3 is 10.1 Å². The molecule has 0 saturated heterocycles. The predicted octanol–water partition coefficient (Wildman–Crippen LogP) is 3.35. The second kappa shape index (κ2) is 7.01. The molecule has 104 valence electrons. The first kappa shape index (κ1) is 14.5. The summed E-state index contributed by atoms with van der Waals surface area (Å²) < 4.78 is 5.11. The third-order valence-corrected chi connectivity index (χ3v) is 3.69. The summed E-state index contributed by atoms with van der Waals surface area (Å²) in [5.74, 6) is 0.583. The van der Waals surface area contributed by atoms with Crippen LogP contribution in [0.3, 0.4) is 0 Å². The van der Waals surface area contributed by atoms with Gasteiger partial charge in [-0.05, 0) is 42.2 Å². The van der Waals surface area contributed by atoms with Crippen molar-refractivity contribution < 1.29 is 9.53 Å². The average molecular weight is 287 g/mol. The molecule has 2 aromatic rings. The molecule has 0 atom stereocenters. The van der Waals surface area contributed by atoms with Gasteiger partial charge in [-0.2, -0.15) is 0 Å². The van der Waals surface area contributed by atoms with Crippen LogP contribution in [0.5, 0.6) is 5.75 Å². The summed E-state index contributed by atoms with van der Waals surface area (Å²) in [5, 5.41) is 2.90. The van der Waals surface area contributed by atoms with Gasteiger partial charge in [0.1, 0.15) is 5.75 Å². The Morgan fingerprint density at radius 1 is 1.20 bits per heavy atom. The first-order valence-corrected chi connectivity index (χ1v) is 7.50. The summed E-state index contributed by atoms with van der Waals surface area (Å²) in [7, 11) is 1.59. The van der Waals surface area contributed by atoms with E-state index in [0.717, 1.165) is 5.56 Å². The number of thioether (sulfide) groups is 1. The third-order valence-electron chi connectivity index (χ3n) is 2.94. The number of methoxy groups -OCH3 is 1. The molecule has 0 aliphatic heterocycles. The minimum Gasteiger partial charge on any atom is -0.497 e. The maximum atomic E-state index is 12.0. The number of rotatable bonds is 5. The van der Waals surface area contributed by atoms with Crippen molar-refractivity contribution in [2.45, 2.75) is 11.4 Å². The van der Waals surface area contributed by atoms with Crippen LogP contribution in [0.25, 0.3) is 0 Å². The summed E-state index contributed by atoms with van der Waals surface area (Å²) in [5.41, 5.74) is 1.68. The Morgan fingerprint density at radius 2 is 1.95 bits per heavy atom. The Morgan fingerprint density at radius 3 is 2.60 bits per heavy atom. The summed E-state index contributed by atoms with van der Waals surface area (Å²) in [6, 6.07) is 15.3. The fourth-order valence-corrected chi connectivity index (χ4v) is 2.20. The second-order valence-electron chi connectivity index (χ2n) is 4.26. The van der Waals surface area contributed by atoms with Crippen molar-refractivity contribution in [3.63, 3.8) is 0 Å². The number of benzene rings is 2. The molecule has 0 aromatic heterocycles. The molecular formula is C16H17NO2S. The molecule has 0 bridgehead atoms. The third kappa shape index (κ3) is 3.78. The highest BCUT2D eigenvalue weighted by Crippen LogP contribution is 2.15. The molecule has 0 saturated carbocycles. The maximum absolute atomic E-state index is 12.0. The van der Waals surface area contributed by atoms with Crippen LogP contribution in [0.2, 0.25) is 0 Å². The lowest BCUT2D eigenvalue weighted by molar-refractivity contribution is 0.0950. The number of nitrogens with one attached hydrogen (secondary N) is 1.